The summed E-state index contributed by atoms with van der Waals surface area (Å²) in [6.07, 6.45) is 1.73. The summed E-state index contributed by atoms with van der Waals surface area (Å²) in [5.74, 6) is 1.01. The van der Waals surface area contributed by atoms with Crippen LogP contribution in [0.4, 0.5) is 0 Å². The Morgan fingerprint density at radius 3 is 2.74 bits per heavy atom. The molecule has 1 aliphatic rings. The van der Waals surface area contributed by atoms with E-state index in [2.05, 4.69) is 24.2 Å². The molecule has 4 heteroatoms. The number of aromatic nitrogens is 2. The maximum Gasteiger partial charge on any atom is 0.121 e. The molecule has 19 heavy (non-hydrogen) atoms. The van der Waals surface area contributed by atoms with Gasteiger partial charge in [0.25, 0.3) is 0 Å². The molecule has 0 saturated heterocycles. The molecule has 3 nitrogen and oxygen atoms in total. The predicted molar refractivity (Wildman–Crippen MR) is 74.7 cm³/mol. The van der Waals surface area contributed by atoms with Crippen LogP contribution in [0.25, 0.3) is 5.69 Å². The number of para-hydroxylation sites is 1. The van der Waals surface area contributed by atoms with Crippen LogP contribution in [0.1, 0.15) is 22.3 Å². The number of benzene rings is 1. The van der Waals surface area contributed by atoms with Gasteiger partial charge in [-0.05, 0) is 31.2 Å². The van der Waals surface area contributed by atoms with E-state index >= 15 is 0 Å². The summed E-state index contributed by atoms with van der Waals surface area (Å²) in [5, 5.41) is 6.18. The van der Waals surface area contributed by atoms with Crippen LogP contribution in [0.3, 0.4) is 0 Å². The maximum atomic E-state index is 5.51. The van der Waals surface area contributed by atoms with Gasteiger partial charge in [-0.25, -0.2) is 4.68 Å². The standard InChI is InChI=1S/C15H12N2OS/c1-10-13-14(12-8-5-9-18-12)19-15(13)17(16-10)11-6-3-2-4-7-11/h2-9,14H,1H3/t14-/m0/s1. The minimum Gasteiger partial charge on any atom is -0.468 e. The van der Waals surface area contributed by atoms with Crippen molar-refractivity contribution in [3.8, 4) is 5.69 Å². The van der Waals surface area contributed by atoms with Gasteiger partial charge in [-0.15, -0.1) is 0 Å². The molecule has 0 aliphatic carbocycles. The average molecular weight is 268 g/mol. The van der Waals surface area contributed by atoms with Crippen molar-refractivity contribution in [1.82, 2.24) is 9.78 Å². The van der Waals surface area contributed by atoms with Gasteiger partial charge in [0.1, 0.15) is 10.8 Å². The second-order valence-electron chi connectivity index (χ2n) is 4.56. The second kappa shape index (κ2) is 4.03. The first-order chi connectivity index (χ1) is 9.34. The monoisotopic (exact) mass is 268 g/mol. The van der Waals surface area contributed by atoms with Crippen molar-refractivity contribution in [3.05, 3.63) is 65.7 Å². The van der Waals surface area contributed by atoms with E-state index in [9.17, 15) is 0 Å². The fourth-order valence-electron chi connectivity index (χ4n) is 2.43. The Kier molecular flexibility index (Phi) is 2.32. The number of hydrogen-bond donors (Lipinski definition) is 0. The topological polar surface area (TPSA) is 31.0 Å². The molecule has 1 aromatic carbocycles. The molecule has 0 N–H and O–H groups in total. The molecule has 94 valence electrons. The van der Waals surface area contributed by atoms with Crippen LogP contribution in [0, 0.1) is 6.92 Å². The van der Waals surface area contributed by atoms with Gasteiger partial charge >= 0.3 is 0 Å². The summed E-state index contributed by atoms with van der Waals surface area (Å²) in [6.45, 7) is 2.06. The lowest BCUT2D eigenvalue weighted by atomic mass is 10.1. The minimum atomic E-state index is 0.294. The van der Waals surface area contributed by atoms with Gasteiger partial charge in [0.2, 0.25) is 0 Å². The molecule has 0 spiro atoms. The average Bonchev–Trinajstić information content (AvgIpc) is 2.98. The number of hydrogen-bond acceptors (Lipinski definition) is 3. The summed E-state index contributed by atoms with van der Waals surface area (Å²) in [7, 11) is 0. The Morgan fingerprint density at radius 1 is 1.16 bits per heavy atom. The van der Waals surface area contributed by atoms with Crippen LogP contribution >= 0.6 is 11.8 Å². The highest BCUT2D eigenvalue weighted by atomic mass is 32.2. The summed E-state index contributed by atoms with van der Waals surface area (Å²) >= 11 is 1.81. The highest BCUT2D eigenvalue weighted by molar-refractivity contribution is 8.01. The third-order valence-electron chi connectivity index (χ3n) is 3.36. The Labute approximate surface area is 115 Å². The van der Waals surface area contributed by atoms with Gasteiger partial charge in [-0.1, -0.05) is 30.0 Å². The molecular weight excluding hydrogens is 256 g/mol. The van der Waals surface area contributed by atoms with Crippen LogP contribution in [-0.2, 0) is 0 Å². The van der Waals surface area contributed by atoms with E-state index in [1.54, 1.807) is 18.0 Å². The highest BCUT2D eigenvalue weighted by Gasteiger charge is 2.37. The molecule has 4 rings (SSSR count). The van der Waals surface area contributed by atoms with E-state index in [-0.39, 0.29) is 0 Å². The number of rotatable bonds is 2. The van der Waals surface area contributed by atoms with Crippen molar-refractivity contribution in [2.45, 2.75) is 17.2 Å². The second-order valence-corrected chi connectivity index (χ2v) is 5.66. The molecule has 2 aromatic heterocycles. The molecule has 0 radical (unpaired) electrons. The van der Waals surface area contributed by atoms with Crippen molar-refractivity contribution in [2.75, 3.05) is 0 Å². The fraction of sp³-hybridized carbons (Fsp3) is 0.133. The van der Waals surface area contributed by atoms with Gasteiger partial charge < -0.3 is 4.42 Å². The molecule has 3 heterocycles. The van der Waals surface area contributed by atoms with E-state index < -0.39 is 0 Å². The molecule has 0 fully saturated rings. The lowest BCUT2D eigenvalue weighted by Crippen LogP contribution is -2.10. The molecular formula is C15H12N2OS. The predicted octanol–water partition coefficient (Wildman–Crippen LogP) is 3.97. The Balaban J connectivity index is 1.80. The zero-order valence-electron chi connectivity index (χ0n) is 10.4. The lowest BCUT2D eigenvalue weighted by molar-refractivity contribution is 0.512. The zero-order chi connectivity index (χ0) is 12.8. The van der Waals surface area contributed by atoms with Gasteiger partial charge in [-0.3, -0.25) is 0 Å². The first kappa shape index (κ1) is 10.9. The van der Waals surface area contributed by atoms with Gasteiger partial charge in [0.05, 0.1) is 22.9 Å². The number of fused-ring (bicyclic) bond motifs is 1. The smallest absolute Gasteiger partial charge is 0.121 e. The van der Waals surface area contributed by atoms with E-state index in [4.69, 9.17) is 4.42 Å². The molecule has 0 saturated carbocycles. The summed E-state index contributed by atoms with van der Waals surface area (Å²) in [6, 6.07) is 14.2. The molecule has 3 aromatic rings. The first-order valence-corrected chi connectivity index (χ1v) is 7.07. The number of thioether (sulfide) groups is 1. The van der Waals surface area contributed by atoms with E-state index in [0.29, 0.717) is 5.25 Å². The maximum absolute atomic E-state index is 5.51. The molecule has 0 unspecified atom stereocenters. The van der Waals surface area contributed by atoms with Crippen LogP contribution in [0.2, 0.25) is 0 Å². The molecule has 1 aliphatic heterocycles. The Bertz CT molecular complexity index is 716. The molecule has 0 bridgehead atoms. The van der Waals surface area contributed by atoms with E-state index in [0.717, 1.165) is 17.1 Å². The van der Waals surface area contributed by atoms with Crippen LogP contribution in [0.15, 0.2) is 58.2 Å². The summed E-state index contributed by atoms with van der Waals surface area (Å²) in [5.41, 5.74) is 3.49. The number of nitrogens with zero attached hydrogens (tertiary/aromatic N) is 2. The minimum absolute atomic E-state index is 0.294. The van der Waals surface area contributed by atoms with Crippen LogP contribution < -0.4 is 0 Å². The lowest BCUT2D eigenvalue weighted by Gasteiger charge is -2.25. The summed E-state index contributed by atoms with van der Waals surface area (Å²) < 4.78 is 7.53. The SMILES string of the molecule is Cc1nn(-c2ccccc2)c2c1[C@H](c1ccco1)S2. The number of aryl methyl sites for hydroxylation is 1. The van der Waals surface area contributed by atoms with Gasteiger partial charge in [0, 0.05) is 5.56 Å². The van der Waals surface area contributed by atoms with Crippen molar-refractivity contribution < 1.29 is 4.42 Å². The van der Waals surface area contributed by atoms with Crippen LogP contribution in [-0.4, -0.2) is 9.78 Å². The van der Waals surface area contributed by atoms with E-state index in [1.165, 1.54) is 10.6 Å². The van der Waals surface area contributed by atoms with Crippen molar-refractivity contribution in [2.24, 2.45) is 0 Å². The zero-order valence-corrected chi connectivity index (χ0v) is 11.2. The molecule has 0 amide bonds. The number of furan rings is 1. The Hall–Kier alpha value is -1.94. The van der Waals surface area contributed by atoms with Crippen molar-refractivity contribution in [3.63, 3.8) is 0 Å². The summed E-state index contributed by atoms with van der Waals surface area (Å²) in [4.78, 5) is 0. The van der Waals surface area contributed by atoms with E-state index in [1.807, 2.05) is 35.0 Å². The first-order valence-electron chi connectivity index (χ1n) is 6.19. The van der Waals surface area contributed by atoms with Crippen molar-refractivity contribution >= 4 is 11.8 Å². The quantitative estimate of drug-likeness (QED) is 0.704. The normalized spacial score (nSPS) is 17.0. The highest BCUT2D eigenvalue weighted by Crippen LogP contribution is 2.55. The third kappa shape index (κ3) is 1.56. The molecule has 1 atom stereocenters. The third-order valence-corrected chi connectivity index (χ3v) is 4.68. The Morgan fingerprint density at radius 2 is 2.00 bits per heavy atom. The van der Waals surface area contributed by atoms with Gasteiger partial charge in [-0.2, -0.15) is 5.10 Å². The van der Waals surface area contributed by atoms with Crippen LogP contribution in [0.5, 0.6) is 0 Å². The van der Waals surface area contributed by atoms with Crippen molar-refractivity contribution in [1.29, 1.82) is 0 Å². The van der Waals surface area contributed by atoms with Gasteiger partial charge in [0.15, 0.2) is 0 Å². The fourth-order valence-corrected chi connectivity index (χ4v) is 3.76. The largest absolute Gasteiger partial charge is 0.468 e.